The molecule has 30 heavy (non-hydrogen) atoms. The van der Waals surface area contributed by atoms with Gasteiger partial charge in [0.2, 0.25) is 10.0 Å². The molecule has 0 unspecified atom stereocenters. The van der Waals surface area contributed by atoms with Crippen LogP contribution in [0.4, 0.5) is 5.69 Å². The Morgan fingerprint density at radius 2 is 1.60 bits per heavy atom. The van der Waals surface area contributed by atoms with Crippen LogP contribution in [0.3, 0.4) is 0 Å². The average molecular weight is 425 g/mol. The fraction of sp³-hybridized carbons (Fsp3) is 0.174. The van der Waals surface area contributed by atoms with Crippen LogP contribution in [0.5, 0.6) is 5.75 Å². The third-order valence-electron chi connectivity index (χ3n) is 4.36. The molecule has 0 bridgehead atoms. The summed E-state index contributed by atoms with van der Waals surface area (Å²) >= 11 is 0. The van der Waals surface area contributed by atoms with Crippen molar-refractivity contribution < 1.29 is 17.9 Å². The minimum atomic E-state index is -3.43. The van der Waals surface area contributed by atoms with Gasteiger partial charge in [0.25, 0.3) is 5.91 Å². The first-order chi connectivity index (χ1) is 14.4. The van der Waals surface area contributed by atoms with E-state index < -0.39 is 10.0 Å². The Hall–Kier alpha value is -3.32. The quantitative estimate of drug-likeness (QED) is 0.573. The number of ether oxygens (including phenoxy) is 1. The molecule has 6 nitrogen and oxygen atoms in total. The molecule has 0 aliphatic carbocycles. The highest BCUT2D eigenvalue weighted by Gasteiger charge is 2.18. The van der Waals surface area contributed by atoms with Gasteiger partial charge >= 0.3 is 0 Å². The predicted molar refractivity (Wildman–Crippen MR) is 118 cm³/mol. The van der Waals surface area contributed by atoms with Gasteiger partial charge in [-0.1, -0.05) is 48.5 Å². The maximum atomic E-state index is 13.0. The molecule has 3 aromatic rings. The lowest BCUT2D eigenvalue weighted by Gasteiger charge is -2.20. The molecule has 0 aliphatic heterocycles. The van der Waals surface area contributed by atoms with Crippen molar-refractivity contribution in [3.63, 3.8) is 0 Å². The van der Waals surface area contributed by atoms with Crippen molar-refractivity contribution in [1.82, 2.24) is 5.32 Å². The van der Waals surface area contributed by atoms with E-state index in [1.54, 1.807) is 18.2 Å². The number of rotatable bonds is 8. The van der Waals surface area contributed by atoms with Gasteiger partial charge < -0.3 is 10.1 Å². The predicted octanol–water partition coefficient (Wildman–Crippen LogP) is 3.98. The van der Waals surface area contributed by atoms with Gasteiger partial charge in [0.1, 0.15) is 5.75 Å². The summed E-state index contributed by atoms with van der Waals surface area (Å²) in [7, 11) is -3.43. The van der Waals surface area contributed by atoms with Crippen LogP contribution >= 0.6 is 0 Å². The summed E-state index contributed by atoms with van der Waals surface area (Å²) in [5.74, 6) is 0.453. The van der Waals surface area contributed by atoms with Gasteiger partial charge in [-0.3, -0.25) is 9.52 Å². The van der Waals surface area contributed by atoms with Crippen molar-refractivity contribution in [2.24, 2.45) is 0 Å². The molecule has 0 heterocycles. The third-order valence-corrected chi connectivity index (χ3v) is 4.97. The molecule has 0 saturated heterocycles. The monoisotopic (exact) mass is 424 g/mol. The first-order valence-corrected chi connectivity index (χ1v) is 11.4. The van der Waals surface area contributed by atoms with Crippen LogP contribution < -0.4 is 14.8 Å². The summed E-state index contributed by atoms with van der Waals surface area (Å²) in [6.07, 6.45) is 1.07. The number of carbonyl (C=O) groups is 1. The Morgan fingerprint density at radius 1 is 0.933 bits per heavy atom. The van der Waals surface area contributed by atoms with E-state index in [0.717, 1.165) is 23.1 Å². The van der Waals surface area contributed by atoms with E-state index in [4.69, 9.17) is 4.74 Å². The number of nitrogens with one attached hydrogen (secondary N) is 2. The smallest absolute Gasteiger partial charge is 0.252 e. The van der Waals surface area contributed by atoms with Crippen LogP contribution in [0.2, 0.25) is 0 Å². The molecule has 0 spiro atoms. The van der Waals surface area contributed by atoms with Gasteiger partial charge in [0, 0.05) is 11.3 Å². The minimum absolute atomic E-state index is 0.310. The van der Waals surface area contributed by atoms with E-state index >= 15 is 0 Å². The largest absolute Gasteiger partial charge is 0.494 e. The van der Waals surface area contributed by atoms with E-state index in [1.807, 2.05) is 61.5 Å². The van der Waals surface area contributed by atoms with Gasteiger partial charge in [-0.05, 0) is 48.4 Å². The van der Waals surface area contributed by atoms with E-state index in [-0.39, 0.29) is 11.9 Å². The summed E-state index contributed by atoms with van der Waals surface area (Å²) < 4.78 is 30.9. The van der Waals surface area contributed by atoms with Gasteiger partial charge in [-0.15, -0.1) is 0 Å². The number of hydrogen-bond donors (Lipinski definition) is 2. The van der Waals surface area contributed by atoms with Crippen molar-refractivity contribution in [3.8, 4) is 5.75 Å². The Labute approximate surface area is 177 Å². The molecule has 7 heteroatoms. The highest BCUT2D eigenvalue weighted by atomic mass is 32.2. The molecule has 0 saturated carbocycles. The Morgan fingerprint density at radius 3 is 2.23 bits per heavy atom. The molecular formula is C23H24N2O4S. The zero-order valence-electron chi connectivity index (χ0n) is 16.8. The number of amides is 1. The SMILES string of the molecule is CCOc1ccc([C@H](NC(=O)c2cccc(NS(C)(=O)=O)c2)c2ccccc2)cc1. The summed E-state index contributed by atoms with van der Waals surface area (Å²) in [5, 5.41) is 3.05. The second-order valence-electron chi connectivity index (χ2n) is 6.77. The van der Waals surface area contributed by atoms with Gasteiger partial charge in [0.15, 0.2) is 0 Å². The van der Waals surface area contributed by atoms with Crippen molar-refractivity contribution in [2.75, 3.05) is 17.6 Å². The fourth-order valence-electron chi connectivity index (χ4n) is 3.08. The maximum Gasteiger partial charge on any atom is 0.252 e. The highest BCUT2D eigenvalue weighted by Crippen LogP contribution is 2.25. The van der Waals surface area contributed by atoms with Gasteiger partial charge in [-0.2, -0.15) is 0 Å². The Balaban J connectivity index is 1.88. The molecule has 0 aliphatic rings. The molecule has 3 rings (SSSR count). The normalized spacial score (nSPS) is 12.1. The van der Waals surface area contributed by atoms with Gasteiger partial charge in [0.05, 0.1) is 18.9 Å². The third kappa shape index (κ3) is 5.84. The molecule has 0 radical (unpaired) electrons. The second-order valence-corrected chi connectivity index (χ2v) is 8.52. The zero-order chi connectivity index (χ0) is 21.6. The first-order valence-electron chi connectivity index (χ1n) is 9.52. The molecule has 3 aromatic carbocycles. The fourth-order valence-corrected chi connectivity index (χ4v) is 3.64. The zero-order valence-corrected chi connectivity index (χ0v) is 17.6. The molecule has 0 aromatic heterocycles. The van der Waals surface area contributed by atoms with Crippen LogP contribution in [0.1, 0.15) is 34.5 Å². The summed E-state index contributed by atoms with van der Waals surface area (Å²) in [6.45, 7) is 2.50. The summed E-state index contributed by atoms with van der Waals surface area (Å²) in [6, 6.07) is 23.2. The van der Waals surface area contributed by atoms with E-state index in [9.17, 15) is 13.2 Å². The maximum absolute atomic E-state index is 13.0. The standard InChI is InChI=1S/C23H24N2O4S/c1-3-29-21-14-12-18(13-15-21)22(17-8-5-4-6-9-17)24-23(26)19-10-7-11-20(16-19)25-30(2,27)28/h4-16,22,25H,3H2,1-2H3,(H,24,26)/t22-/m1/s1. The number of hydrogen-bond acceptors (Lipinski definition) is 4. The highest BCUT2D eigenvalue weighted by molar-refractivity contribution is 7.92. The molecule has 1 atom stereocenters. The molecule has 0 fully saturated rings. The average Bonchev–Trinajstić information content (AvgIpc) is 2.72. The van der Waals surface area contributed by atoms with Crippen molar-refractivity contribution in [2.45, 2.75) is 13.0 Å². The van der Waals surface area contributed by atoms with Crippen molar-refractivity contribution >= 4 is 21.6 Å². The van der Waals surface area contributed by atoms with Crippen LogP contribution in [0.15, 0.2) is 78.9 Å². The van der Waals surface area contributed by atoms with Crippen LogP contribution in [-0.4, -0.2) is 27.2 Å². The minimum Gasteiger partial charge on any atom is -0.494 e. The van der Waals surface area contributed by atoms with Crippen molar-refractivity contribution in [3.05, 3.63) is 95.6 Å². The first kappa shape index (κ1) is 21.4. The number of sulfonamides is 1. The van der Waals surface area contributed by atoms with Crippen LogP contribution in [0, 0.1) is 0 Å². The van der Waals surface area contributed by atoms with E-state index in [2.05, 4.69) is 10.0 Å². The van der Waals surface area contributed by atoms with E-state index in [0.29, 0.717) is 17.9 Å². The molecular weight excluding hydrogens is 400 g/mol. The van der Waals surface area contributed by atoms with E-state index in [1.165, 1.54) is 6.07 Å². The van der Waals surface area contributed by atoms with Crippen molar-refractivity contribution in [1.29, 1.82) is 0 Å². The van der Waals surface area contributed by atoms with Crippen LogP contribution in [-0.2, 0) is 10.0 Å². The summed E-state index contributed by atoms with van der Waals surface area (Å²) in [5.41, 5.74) is 2.53. The number of carbonyl (C=O) groups excluding carboxylic acids is 1. The Kier molecular flexibility index (Phi) is 6.74. The number of benzene rings is 3. The summed E-state index contributed by atoms with van der Waals surface area (Å²) in [4.78, 5) is 13.0. The molecule has 2 N–H and O–H groups in total. The van der Waals surface area contributed by atoms with Crippen LogP contribution in [0.25, 0.3) is 0 Å². The lowest BCUT2D eigenvalue weighted by atomic mass is 9.98. The lowest BCUT2D eigenvalue weighted by molar-refractivity contribution is 0.0943. The second kappa shape index (κ2) is 9.45. The molecule has 156 valence electrons. The molecule has 1 amide bonds. The topological polar surface area (TPSA) is 84.5 Å². The lowest BCUT2D eigenvalue weighted by Crippen LogP contribution is -2.29. The Bertz CT molecular complexity index is 1100. The number of anilines is 1. The van der Waals surface area contributed by atoms with Gasteiger partial charge in [-0.25, -0.2) is 8.42 Å².